The number of benzene rings is 2. The molecule has 6 rings (SSSR count). The van der Waals surface area contributed by atoms with Crippen molar-refractivity contribution in [1.82, 2.24) is 25.3 Å². The van der Waals surface area contributed by atoms with Crippen LogP contribution in [-0.4, -0.2) is 64.8 Å². The number of fused-ring (bicyclic) bond motifs is 1. The van der Waals surface area contributed by atoms with Crippen molar-refractivity contribution < 1.29 is 32.2 Å². The molecular weight excluding hydrogens is 660 g/mol. The summed E-state index contributed by atoms with van der Waals surface area (Å²) >= 11 is 0. The summed E-state index contributed by atoms with van der Waals surface area (Å²) in [4.78, 5) is 29.5. The van der Waals surface area contributed by atoms with Crippen LogP contribution in [0, 0.1) is 13.8 Å². The lowest BCUT2D eigenvalue weighted by Gasteiger charge is -2.22. The number of aryl methyl sites for hydroxylation is 2. The molecule has 0 saturated carbocycles. The van der Waals surface area contributed by atoms with Crippen LogP contribution in [-0.2, 0) is 21.3 Å². The van der Waals surface area contributed by atoms with Crippen LogP contribution in [0.4, 0.5) is 5.95 Å². The molecule has 1 aliphatic rings. The quantitative estimate of drug-likeness (QED) is 0.123. The monoisotopic (exact) mass is 700 g/mol. The Morgan fingerprint density at radius 1 is 1.06 bits per heavy atom. The molecule has 0 bridgehead atoms. The van der Waals surface area contributed by atoms with E-state index in [-0.39, 0.29) is 47.0 Å². The molecule has 14 heteroatoms. The van der Waals surface area contributed by atoms with Crippen molar-refractivity contribution in [2.45, 2.75) is 76.5 Å². The Hall–Kier alpha value is -4.92. The van der Waals surface area contributed by atoms with Crippen molar-refractivity contribution in [3.8, 4) is 17.1 Å². The second-order valence-electron chi connectivity index (χ2n) is 12.7. The highest BCUT2D eigenvalue weighted by molar-refractivity contribution is 7.92. The van der Waals surface area contributed by atoms with Gasteiger partial charge in [-0.05, 0) is 62.4 Å². The minimum absolute atomic E-state index is 0.0617. The van der Waals surface area contributed by atoms with Gasteiger partial charge in [-0.15, -0.1) is 0 Å². The maximum atomic E-state index is 13.4. The zero-order chi connectivity index (χ0) is 35.4. The first-order valence-electron chi connectivity index (χ1n) is 16.5. The van der Waals surface area contributed by atoms with E-state index in [0.717, 1.165) is 47.1 Å². The van der Waals surface area contributed by atoms with Gasteiger partial charge < -0.3 is 24.3 Å². The summed E-state index contributed by atoms with van der Waals surface area (Å²) in [6.07, 6.45) is 4.36. The first kappa shape index (κ1) is 34.9. The first-order chi connectivity index (χ1) is 23.9. The smallest absolute Gasteiger partial charge is 0.335 e. The lowest BCUT2D eigenvalue weighted by molar-refractivity contribution is 0.0696. The first-order valence-corrected chi connectivity index (χ1v) is 18.0. The number of nitrogens with one attached hydrogen (secondary N) is 2. The van der Waals surface area contributed by atoms with Crippen LogP contribution in [0.5, 0.6) is 5.88 Å². The van der Waals surface area contributed by atoms with Gasteiger partial charge in [0.15, 0.2) is 0 Å². The maximum Gasteiger partial charge on any atom is 0.335 e. The summed E-state index contributed by atoms with van der Waals surface area (Å²) in [5, 5.41) is 12.9. The summed E-state index contributed by atoms with van der Waals surface area (Å²) in [7, 11) is -4.25. The van der Waals surface area contributed by atoms with Crippen LogP contribution in [0.1, 0.15) is 72.0 Å². The number of nitrogens with zero attached hydrogens (tertiary/aromatic N) is 4. The van der Waals surface area contributed by atoms with Crippen molar-refractivity contribution in [3.63, 3.8) is 0 Å². The fourth-order valence-corrected chi connectivity index (χ4v) is 6.90. The van der Waals surface area contributed by atoms with E-state index in [0.29, 0.717) is 36.5 Å². The fraction of sp³-hybridized carbons (Fsp3) is 0.361. The molecule has 2 aromatic carbocycles. The normalized spacial score (nSPS) is 15.4. The van der Waals surface area contributed by atoms with Crippen LogP contribution in [0.25, 0.3) is 22.5 Å². The van der Waals surface area contributed by atoms with E-state index in [1.165, 1.54) is 18.2 Å². The number of ether oxygens (including phenoxy) is 2. The van der Waals surface area contributed by atoms with Gasteiger partial charge >= 0.3 is 5.97 Å². The summed E-state index contributed by atoms with van der Waals surface area (Å²) in [6, 6.07) is 14.3. The second-order valence-corrected chi connectivity index (χ2v) is 14.4. The van der Waals surface area contributed by atoms with E-state index in [1.807, 2.05) is 38.1 Å². The highest BCUT2D eigenvalue weighted by Gasteiger charge is 2.24. The molecule has 4 heterocycles. The Bertz CT molecular complexity index is 2090. The van der Waals surface area contributed by atoms with E-state index >= 15 is 0 Å². The SMILES string of the molecule is Cc1cccc(C)c1-c1cc(OCC(CC2CCCO2)NCc2cnc3oc(C(C)C)cc3n2)nc(NS(=O)(=O)c2cccc(C(=O)O)c2)n1. The van der Waals surface area contributed by atoms with Gasteiger partial charge in [0.2, 0.25) is 17.5 Å². The zero-order valence-corrected chi connectivity index (χ0v) is 29.2. The molecule has 3 aromatic heterocycles. The number of furan rings is 1. The van der Waals surface area contributed by atoms with Gasteiger partial charge in [0.25, 0.3) is 10.0 Å². The second kappa shape index (κ2) is 14.9. The molecule has 5 aromatic rings. The van der Waals surface area contributed by atoms with Crippen molar-refractivity contribution in [2.24, 2.45) is 0 Å². The van der Waals surface area contributed by atoms with Gasteiger partial charge in [0.1, 0.15) is 17.9 Å². The number of aromatic carboxylic acids is 1. The fourth-order valence-electron chi connectivity index (χ4n) is 5.91. The number of hydrogen-bond acceptors (Lipinski definition) is 11. The summed E-state index contributed by atoms with van der Waals surface area (Å²) in [5.41, 5.74) is 4.94. The van der Waals surface area contributed by atoms with Crippen LogP contribution in [0.3, 0.4) is 0 Å². The predicted octanol–water partition coefficient (Wildman–Crippen LogP) is 6.03. The Kier molecular flexibility index (Phi) is 10.4. The highest BCUT2D eigenvalue weighted by Crippen LogP contribution is 2.30. The summed E-state index contributed by atoms with van der Waals surface area (Å²) < 4.78 is 47.3. The highest BCUT2D eigenvalue weighted by atomic mass is 32.2. The van der Waals surface area contributed by atoms with Crippen LogP contribution >= 0.6 is 0 Å². The molecule has 0 radical (unpaired) electrons. The third-order valence-corrected chi connectivity index (χ3v) is 9.83. The number of sulfonamides is 1. The largest absolute Gasteiger partial charge is 0.478 e. The molecule has 1 aliphatic heterocycles. The minimum Gasteiger partial charge on any atom is -0.478 e. The lowest BCUT2D eigenvalue weighted by Crippen LogP contribution is -2.37. The Labute approximate surface area is 290 Å². The summed E-state index contributed by atoms with van der Waals surface area (Å²) in [5.74, 6) is -0.248. The van der Waals surface area contributed by atoms with E-state index < -0.39 is 16.0 Å². The number of anilines is 1. The zero-order valence-electron chi connectivity index (χ0n) is 28.3. The van der Waals surface area contributed by atoms with E-state index in [1.54, 1.807) is 12.3 Å². The molecule has 1 saturated heterocycles. The van der Waals surface area contributed by atoms with Crippen molar-refractivity contribution >= 4 is 33.2 Å². The minimum atomic E-state index is -4.25. The molecule has 0 aliphatic carbocycles. The van der Waals surface area contributed by atoms with Crippen molar-refractivity contribution in [3.05, 3.63) is 88.9 Å². The maximum absolute atomic E-state index is 13.4. The van der Waals surface area contributed by atoms with Crippen molar-refractivity contribution in [1.29, 1.82) is 0 Å². The molecule has 2 unspecified atom stereocenters. The van der Waals surface area contributed by atoms with E-state index in [9.17, 15) is 18.3 Å². The molecular formula is C36H40N6O7S. The van der Waals surface area contributed by atoms with Crippen LogP contribution < -0.4 is 14.8 Å². The molecule has 13 nitrogen and oxygen atoms in total. The molecule has 3 N–H and O–H groups in total. The van der Waals surface area contributed by atoms with Gasteiger partial charge in [-0.1, -0.05) is 38.1 Å². The number of carboxylic acid groups (broad SMARTS) is 1. The van der Waals surface area contributed by atoms with Gasteiger partial charge in [-0.3, -0.25) is 0 Å². The molecule has 2 atom stereocenters. The van der Waals surface area contributed by atoms with Crippen molar-refractivity contribution in [2.75, 3.05) is 17.9 Å². The number of carbonyl (C=O) groups is 1. The Morgan fingerprint density at radius 3 is 2.56 bits per heavy atom. The lowest BCUT2D eigenvalue weighted by atomic mass is 10.00. The topological polar surface area (TPSA) is 179 Å². The standard InChI is InChI=1S/C36H40N6O7S/c1-21(2)31-16-30-34(49-31)38-19-26(39-30)18-37-25(15-27-11-7-13-47-27)20-48-32-17-29(33-22(3)8-5-9-23(33)4)40-36(41-32)42-50(45,46)28-12-6-10-24(14-28)35(43)44/h5-6,8-10,12,14,16-17,19,21,25,27,37H,7,11,13,15,18,20H2,1-4H3,(H,43,44)(H,40,41,42). The predicted molar refractivity (Wildman–Crippen MR) is 187 cm³/mol. The van der Waals surface area contributed by atoms with Gasteiger partial charge in [-0.2, -0.15) is 4.98 Å². The van der Waals surface area contributed by atoms with E-state index in [2.05, 4.69) is 38.8 Å². The van der Waals surface area contributed by atoms with Crippen LogP contribution in [0.2, 0.25) is 0 Å². The Balaban J connectivity index is 1.26. The third-order valence-electron chi connectivity index (χ3n) is 8.51. The number of carboxylic acids is 1. The van der Waals surface area contributed by atoms with E-state index in [4.69, 9.17) is 18.9 Å². The number of rotatable bonds is 14. The number of aromatic nitrogens is 4. The average Bonchev–Trinajstić information content (AvgIpc) is 3.76. The van der Waals surface area contributed by atoms with Gasteiger partial charge in [-0.25, -0.2) is 32.9 Å². The van der Waals surface area contributed by atoms with Gasteiger partial charge in [0, 0.05) is 42.8 Å². The average molecular weight is 701 g/mol. The molecule has 50 heavy (non-hydrogen) atoms. The molecule has 0 spiro atoms. The molecule has 1 fully saturated rings. The number of hydrogen-bond donors (Lipinski definition) is 3. The van der Waals surface area contributed by atoms with Gasteiger partial charge in [0.05, 0.1) is 34.1 Å². The third kappa shape index (κ3) is 8.26. The summed E-state index contributed by atoms with van der Waals surface area (Å²) in [6.45, 7) is 9.32. The molecule has 0 amide bonds. The Morgan fingerprint density at radius 2 is 1.84 bits per heavy atom. The molecule has 262 valence electrons. The van der Waals surface area contributed by atoms with Crippen LogP contribution in [0.15, 0.2) is 70.1 Å².